The van der Waals surface area contributed by atoms with Gasteiger partial charge in [-0.3, -0.25) is 0 Å². The third-order valence-corrected chi connectivity index (χ3v) is 5.05. The summed E-state index contributed by atoms with van der Waals surface area (Å²) in [5.74, 6) is 1.68. The van der Waals surface area contributed by atoms with Crippen molar-refractivity contribution in [1.29, 1.82) is 0 Å². The third-order valence-electron chi connectivity index (χ3n) is 5.05. The van der Waals surface area contributed by atoms with Crippen LogP contribution in [-0.4, -0.2) is 10.1 Å². The van der Waals surface area contributed by atoms with Crippen molar-refractivity contribution in [2.75, 3.05) is 0 Å². The summed E-state index contributed by atoms with van der Waals surface area (Å²) in [6, 6.07) is 28.4. The van der Waals surface area contributed by atoms with Gasteiger partial charge in [0.05, 0.1) is 6.61 Å². The molecule has 0 aliphatic carbocycles. The smallest absolute Gasteiger partial charge is 0.142 e. The first-order valence-electron chi connectivity index (χ1n) is 9.29. The normalized spacial score (nSPS) is 11.2. The molecule has 0 atom stereocenters. The highest BCUT2D eigenvalue weighted by molar-refractivity contribution is 6.00. The SMILES string of the molecule is OCc1ccc2[nH]cc(-c3cc(-c4ccccc4)oc3-c3ccccc3)c2c1. The number of hydrogen-bond acceptors (Lipinski definition) is 2. The van der Waals surface area contributed by atoms with Gasteiger partial charge in [0.15, 0.2) is 0 Å². The molecule has 0 radical (unpaired) electrons. The molecule has 136 valence electrons. The van der Waals surface area contributed by atoms with Crippen LogP contribution in [0.1, 0.15) is 5.56 Å². The van der Waals surface area contributed by atoms with Crippen molar-refractivity contribution in [2.24, 2.45) is 0 Å². The molecule has 5 aromatic rings. The summed E-state index contributed by atoms with van der Waals surface area (Å²) in [5, 5.41) is 10.6. The minimum absolute atomic E-state index is 0.0206. The van der Waals surface area contributed by atoms with Crippen molar-refractivity contribution >= 4 is 10.9 Å². The highest BCUT2D eigenvalue weighted by atomic mass is 16.3. The molecule has 2 heterocycles. The molecule has 28 heavy (non-hydrogen) atoms. The first-order chi connectivity index (χ1) is 13.8. The lowest BCUT2D eigenvalue weighted by atomic mass is 10.00. The molecule has 0 bridgehead atoms. The molecule has 0 fully saturated rings. The van der Waals surface area contributed by atoms with E-state index in [0.29, 0.717) is 0 Å². The van der Waals surface area contributed by atoms with Crippen molar-refractivity contribution in [3.05, 3.63) is 96.7 Å². The molecular formula is C25H19NO2. The Balaban J connectivity index is 1.76. The Hall–Kier alpha value is -3.56. The van der Waals surface area contributed by atoms with Gasteiger partial charge in [0.1, 0.15) is 11.5 Å². The van der Waals surface area contributed by atoms with Gasteiger partial charge in [0.25, 0.3) is 0 Å². The van der Waals surface area contributed by atoms with Crippen molar-refractivity contribution in [2.45, 2.75) is 6.61 Å². The first-order valence-corrected chi connectivity index (χ1v) is 9.29. The molecule has 0 amide bonds. The largest absolute Gasteiger partial charge is 0.455 e. The zero-order chi connectivity index (χ0) is 18.9. The summed E-state index contributed by atoms with van der Waals surface area (Å²) >= 11 is 0. The van der Waals surface area contributed by atoms with Crippen molar-refractivity contribution < 1.29 is 9.52 Å². The number of hydrogen-bond donors (Lipinski definition) is 2. The van der Waals surface area contributed by atoms with Crippen LogP contribution in [0.3, 0.4) is 0 Å². The van der Waals surface area contributed by atoms with Crippen molar-refractivity contribution in [3.63, 3.8) is 0 Å². The predicted octanol–water partition coefficient (Wildman–Crippen LogP) is 6.25. The second-order valence-corrected chi connectivity index (χ2v) is 6.83. The molecule has 0 aliphatic rings. The lowest BCUT2D eigenvalue weighted by Gasteiger charge is -2.03. The van der Waals surface area contributed by atoms with Gasteiger partial charge in [0, 0.05) is 39.4 Å². The van der Waals surface area contributed by atoms with Gasteiger partial charge >= 0.3 is 0 Å². The van der Waals surface area contributed by atoms with Gasteiger partial charge < -0.3 is 14.5 Å². The average molecular weight is 365 g/mol. The second kappa shape index (κ2) is 6.87. The number of aliphatic hydroxyl groups excluding tert-OH is 1. The standard InChI is InChI=1S/C25H19NO2/c27-16-17-11-12-23-20(13-17)22(15-26-23)21-14-24(18-7-3-1-4-8-18)28-25(21)19-9-5-2-6-10-19/h1-15,26-27H,16H2. The van der Waals surface area contributed by atoms with E-state index in [0.717, 1.165) is 50.2 Å². The quantitative estimate of drug-likeness (QED) is 0.395. The van der Waals surface area contributed by atoms with Crippen LogP contribution in [0.25, 0.3) is 44.7 Å². The van der Waals surface area contributed by atoms with Crippen LogP contribution in [0, 0.1) is 0 Å². The summed E-state index contributed by atoms with van der Waals surface area (Å²) < 4.78 is 6.35. The molecule has 5 rings (SSSR count). The number of rotatable bonds is 4. The van der Waals surface area contributed by atoms with E-state index in [-0.39, 0.29) is 6.61 Å². The summed E-state index contributed by atoms with van der Waals surface area (Å²) in [7, 11) is 0. The van der Waals surface area contributed by atoms with Crippen molar-refractivity contribution in [1.82, 2.24) is 4.98 Å². The number of H-pyrrole nitrogens is 1. The fraction of sp³-hybridized carbons (Fsp3) is 0.0400. The maximum absolute atomic E-state index is 9.55. The van der Waals surface area contributed by atoms with Crippen LogP contribution >= 0.6 is 0 Å². The van der Waals surface area contributed by atoms with E-state index < -0.39 is 0 Å². The minimum atomic E-state index is 0.0206. The maximum Gasteiger partial charge on any atom is 0.142 e. The van der Waals surface area contributed by atoms with E-state index in [4.69, 9.17) is 4.42 Å². The number of furan rings is 1. The molecule has 0 saturated heterocycles. The van der Waals surface area contributed by atoms with Crippen LogP contribution in [0.15, 0.2) is 95.5 Å². The van der Waals surface area contributed by atoms with Crippen LogP contribution in [-0.2, 0) is 6.61 Å². The molecule has 3 heteroatoms. The van der Waals surface area contributed by atoms with E-state index in [1.807, 2.05) is 60.8 Å². The van der Waals surface area contributed by atoms with E-state index in [9.17, 15) is 5.11 Å². The van der Waals surface area contributed by atoms with Gasteiger partial charge in [-0.25, -0.2) is 0 Å². The summed E-state index contributed by atoms with van der Waals surface area (Å²) in [6.45, 7) is 0.0206. The van der Waals surface area contributed by atoms with Gasteiger partial charge in [-0.05, 0) is 23.8 Å². The fourth-order valence-corrected chi connectivity index (χ4v) is 3.63. The fourth-order valence-electron chi connectivity index (χ4n) is 3.63. The number of benzene rings is 3. The van der Waals surface area contributed by atoms with Crippen molar-refractivity contribution in [3.8, 4) is 33.8 Å². The van der Waals surface area contributed by atoms with E-state index in [1.165, 1.54) is 0 Å². The summed E-state index contributed by atoms with van der Waals surface area (Å²) in [5.41, 5.74) is 6.10. The average Bonchev–Trinajstić information content (AvgIpc) is 3.38. The summed E-state index contributed by atoms with van der Waals surface area (Å²) in [4.78, 5) is 3.34. The Morgan fingerprint density at radius 3 is 2.18 bits per heavy atom. The highest BCUT2D eigenvalue weighted by Gasteiger charge is 2.18. The lowest BCUT2D eigenvalue weighted by Crippen LogP contribution is -1.83. The molecule has 2 aromatic heterocycles. The number of nitrogens with one attached hydrogen (secondary N) is 1. The monoisotopic (exact) mass is 365 g/mol. The minimum Gasteiger partial charge on any atom is -0.455 e. The molecular weight excluding hydrogens is 346 g/mol. The zero-order valence-corrected chi connectivity index (χ0v) is 15.2. The molecule has 0 spiro atoms. The Morgan fingerprint density at radius 2 is 1.46 bits per heavy atom. The Labute approximate surface area is 162 Å². The van der Waals surface area contributed by atoms with Crippen LogP contribution < -0.4 is 0 Å². The van der Waals surface area contributed by atoms with E-state index in [1.54, 1.807) is 0 Å². The Morgan fingerprint density at radius 1 is 0.750 bits per heavy atom. The maximum atomic E-state index is 9.55. The first kappa shape index (κ1) is 16.6. The Kier molecular flexibility index (Phi) is 4.08. The Bertz CT molecular complexity index is 1230. The molecule has 2 N–H and O–H groups in total. The van der Waals surface area contributed by atoms with E-state index in [2.05, 4.69) is 35.3 Å². The molecule has 3 aromatic carbocycles. The summed E-state index contributed by atoms with van der Waals surface area (Å²) in [6.07, 6.45) is 2.01. The number of aromatic nitrogens is 1. The topological polar surface area (TPSA) is 49.2 Å². The lowest BCUT2D eigenvalue weighted by molar-refractivity contribution is 0.282. The molecule has 0 unspecified atom stereocenters. The number of aliphatic hydroxyl groups is 1. The van der Waals surface area contributed by atoms with Crippen LogP contribution in [0.2, 0.25) is 0 Å². The van der Waals surface area contributed by atoms with Crippen LogP contribution in [0.4, 0.5) is 0 Å². The zero-order valence-electron chi connectivity index (χ0n) is 15.2. The van der Waals surface area contributed by atoms with E-state index >= 15 is 0 Å². The highest BCUT2D eigenvalue weighted by Crippen LogP contribution is 2.41. The van der Waals surface area contributed by atoms with Gasteiger partial charge in [-0.15, -0.1) is 0 Å². The molecule has 3 nitrogen and oxygen atoms in total. The molecule has 0 saturated carbocycles. The third kappa shape index (κ3) is 2.82. The predicted molar refractivity (Wildman–Crippen MR) is 113 cm³/mol. The second-order valence-electron chi connectivity index (χ2n) is 6.83. The van der Waals surface area contributed by atoms with Gasteiger partial charge in [0.2, 0.25) is 0 Å². The number of fused-ring (bicyclic) bond motifs is 1. The number of aromatic amines is 1. The molecule has 0 aliphatic heterocycles. The van der Waals surface area contributed by atoms with Gasteiger partial charge in [-0.2, -0.15) is 0 Å². The van der Waals surface area contributed by atoms with Gasteiger partial charge in [-0.1, -0.05) is 66.7 Å². The van der Waals surface area contributed by atoms with Crippen LogP contribution in [0.5, 0.6) is 0 Å².